The zero-order valence-electron chi connectivity index (χ0n) is 22.4. The largest absolute Gasteiger partial charge is 0.456 e. The molecular weight excluding hydrogens is 514 g/mol. The van der Waals surface area contributed by atoms with Crippen LogP contribution in [-0.4, -0.2) is 4.57 Å². The van der Waals surface area contributed by atoms with Crippen molar-refractivity contribution in [2.75, 3.05) is 0 Å². The normalized spacial score (nSPS) is 11.3. The van der Waals surface area contributed by atoms with Gasteiger partial charge in [0.2, 0.25) is 0 Å². The van der Waals surface area contributed by atoms with E-state index in [0.29, 0.717) is 11.1 Å². The van der Waals surface area contributed by atoms with Crippen LogP contribution in [0.2, 0.25) is 0 Å². The summed E-state index contributed by atoms with van der Waals surface area (Å²) in [4.78, 5) is 0. The second-order valence-corrected chi connectivity index (χ2v) is 10.5. The van der Waals surface area contributed by atoms with Crippen molar-refractivity contribution in [3.05, 3.63) is 139 Å². The summed E-state index contributed by atoms with van der Waals surface area (Å²) in [6, 6.07) is 47.5. The van der Waals surface area contributed by atoms with Gasteiger partial charge in [0.05, 0.1) is 34.3 Å². The second kappa shape index (κ2) is 9.24. The molecule has 0 aliphatic carbocycles. The van der Waals surface area contributed by atoms with Gasteiger partial charge in [0.1, 0.15) is 11.2 Å². The molecule has 0 amide bonds. The predicted molar refractivity (Wildman–Crippen MR) is 168 cm³/mol. The fourth-order valence-electron chi connectivity index (χ4n) is 6.07. The van der Waals surface area contributed by atoms with E-state index in [-0.39, 0.29) is 0 Å². The van der Waals surface area contributed by atoms with Crippen LogP contribution >= 0.6 is 0 Å². The fraction of sp³-hybridized carbons (Fsp3) is 0. The van der Waals surface area contributed by atoms with Gasteiger partial charge in [-0.05, 0) is 95.1 Å². The van der Waals surface area contributed by atoms with Gasteiger partial charge in [-0.25, -0.2) is 0 Å². The lowest BCUT2D eigenvalue weighted by molar-refractivity contribution is 0.669. The Morgan fingerprint density at radius 1 is 0.452 bits per heavy atom. The van der Waals surface area contributed by atoms with Crippen LogP contribution in [0.4, 0.5) is 0 Å². The first-order chi connectivity index (χ1) is 20.7. The van der Waals surface area contributed by atoms with E-state index in [2.05, 4.69) is 65.2 Å². The van der Waals surface area contributed by atoms with Gasteiger partial charge in [-0.2, -0.15) is 10.5 Å². The van der Waals surface area contributed by atoms with E-state index in [1.807, 2.05) is 78.9 Å². The Balaban J connectivity index is 1.43. The standard InChI is InChI=1S/C38H21N3O/c39-22-24-6-5-7-26(16-24)28-18-29(27-13-15-38-34(21-27)32-9-2-4-11-37(32)42-38)20-30(19-28)41-35-10-3-1-8-31(35)33-17-25(23-40)12-14-36(33)41/h1-21H. The van der Waals surface area contributed by atoms with Crippen LogP contribution in [0.15, 0.2) is 132 Å². The molecule has 0 radical (unpaired) electrons. The minimum Gasteiger partial charge on any atom is -0.456 e. The Morgan fingerprint density at radius 2 is 1.14 bits per heavy atom. The number of hydrogen-bond acceptors (Lipinski definition) is 3. The van der Waals surface area contributed by atoms with Gasteiger partial charge in [0.25, 0.3) is 0 Å². The molecule has 0 fully saturated rings. The average Bonchev–Trinajstić information content (AvgIpc) is 3.59. The smallest absolute Gasteiger partial charge is 0.135 e. The molecule has 0 N–H and O–H groups in total. The number of furan rings is 1. The molecule has 0 spiro atoms. The molecule has 0 aliphatic heterocycles. The molecule has 0 saturated heterocycles. The molecule has 4 nitrogen and oxygen atoms in total. The summed E-state index contributed by atoms with van der Waals surface area (Å²) >= 11 is 0. The molecule has 0 unspecified atom stereocenters. The molecule has 0 saturated carbocycles. The van der Waals surface area contributed by atoms with Gasteiger partial charge in [0, 0.05) is 27.2 Å². The topological polar surface area (TPSA) is 65.7 Å². The number of nitriles is 2. The van der Waals surface area contributed by atoms with E-state index >= 15 is 0 Å². The van der Waals surface area contributed by atoms with Gasteiger partial charge in [-0.3, -0.25) is 0 Å². The monoisotopic (exact) mass is 535 g/mol. The van der Waals surface area contributed by atoms with E-state index in [4.69, 9.17) is 4.42 Å². The lowest BCUT2D eigenvalue weighted by atomic mass is 9.96. The SMILES string of the molecule is N#Cc1cccc(-c2cc(-c3ccc4oc5ccccc5c4c3)cc(-n3c4ccccc4c4cc(C#N)ccc43)c2)c1. The van der Waals surface area contributed by atoms with Crippen molar-refractivity contribution in [2.45, 2.75) is 0 Å². The van der Waals surface area contributed by atoms with E-state index in [0.717, 1.165) is 71.7 Å². The number of rotatable bonds is 3. The minimum atomic E-state index is 0.617. The second-order valence-electron chi connectivity index (χ2n) is 10.5. The Bertz CT molecular complexity index is 2450. The van der Waals surface area contributed by atoms with Crippen LogP contribution in [0.1, 0.15) is 11.1 Å². The predicted octanol–water partition coefficient (Wildman–Crippen LogP) is 9.76. The first-order valence-corrected chi connectivity index (χ1v) is 13.7. The van der Waals surface area contributed by atoms with Crippen LogP contribution in [0.25, 0.3) is 71.7 Å². The number of fused-ring (bicyclic) bond motifs is 6. The highest BCUT2D eigenvalue weighted by Gasteiger charge is 2.16. The summed E-state index contributed by atoms with van der Waals surface area (Å²) in [6.07, 6.45) is 0. The summed E-state index contributed by atoms with van der Waals surface area (Å²) in [5, 5.41) is 23.5. The molecule has 2 aromatic heterocycles. The molecule has 6 aromatic carbocycles. The van der Waals surface area contributed by atoms with Crippen molar-refractivity contribution in [1.82, 2.24) is 4.57 Å². The molecule has 4 heteroatoms. The maximum absolute atomic E-state index is 9.61. The van der Waals surface area contributed by atoms with E-state index in [9.17, 15) is 10.5 Å². The van der Waals surface area contributed by atoms with Crippen molar-refractivity contribution >= 4 is 43.7 Å². The zero-order chi connectivity index (χ0) is 28.2. The lowest BCUT2D eigenvalue weighted by Gasteiger charge is -2.14. The number of hydrogen-bond donors (Lipinski definition) is 0. The van der Waals surface area contributed by atoms with E-state index in [1.54, 1.807) is 0 Å². The summed E-state index contributed by atoms with van der Waals surface area (Å²) < 4.78 is 8.36. The Kier molecular flexibility index (Phi) is 5.22. The highest BCUT2D eigenvalue weighted by Crippen LogP contribution is 2.38. The van der Waals surface area contributed by atoms with Crippen LogP contribution in [0.5, 0.6) is 0 Å². The molecule has 2 heterocycles. The van der Waals surface area contributed by atoms with E-state index < -0.39 is 0 Å². The maximum Gasteiger partial charge on any atom is 0.135 e. The van der Waals surface area contributed by atoms with Crippen molar-refractivity contribution in [2.24, 2.45) is 0 Å². The minimum absolute atomic E-state index is 0.617. The Morgan fingerprint density at radius 3 is 1.98 bits per heavy atom. The van der Waals surface area contributed by atoms with Crippen molar-refractivity contribution in [3.63, 3.8) is 0 Å². The third-order valence-corrected chi connectivity index (χ3v) is 8.01. The molecule has 8 aromatic rings. The van der Waals surface area contributed by atoms with Crippen molar-refractivity contribution in [1.29, 1.82) is 10.5 Å². The van der Waals surface area contributed by atoms with Gasteiger partial charge in [-0.1, -0.05) is 54.6 Å². The highest BCUT2D eigenvalue weighted by molar-refractivity contribution is 6.10. The summed E-state index contributed by atoms with van der Waals surface area (Å²) in [7, 11) is 0. The number of aromatic nitrogens is 1. The molecule has 194 valence electrons. The van der Waals surface area contributed by atoms with Gasteiger partial charge < -0.3 is 8.98 Å². The molecule has 8 rings (SSSR count). The van der Waals surface area contributed by atoms with Crippen molar-refractivity contribution in [3.8, 4) is 40.1 Å². The number of nitrogens with zero attached hydrogens (tertiary/aromatic N) is 3. The third-order valence-electron chi connectivity index (χ3n) is 8.01. The summed E-state index contributed by atoms with van der Waals surface area (Å²) in [5.41, 5.74) is 10.2. The molecule has 0 aliphatic rings. The third kappa shape index (κ3) is 3.68. The average molecular weight is 536 g/mol. The summed E-state index contributed by atoms with van der Waals surface area (Å²) in [6.45, 7) is 0. The van der Waals surface area contributed by atoms with Crippen LogP contribution in [-0.2, 0) is 0 Å². The quantitative estimate of drug-likeness (QED) is 0.226. The molecule has 42 heavy (non-hydrogen) atoms. The zero-order valence-corrected chi connectivity index (χ0v) is 22.4. The van der Waals surface area contributed by atoms with Crippen molar-refractivity contribution < 1.29 is 4.42 Å². The summed E-state index contributed by atoms with van der Waals surface area (Å²) in [5.74, 6) is 0. The van der Waals surface area contributed by atoms with Gasteiger partial charge in [-0.15, -0.1) is 0 Å². The molecular formula is C38H21N3O. The van der Waals surface area contributed by atoms with Gasteiger partial charge >= 0.3 is 0 Å². The number of para-hydroxylation sites is 2. The Labute approximate surface area is 241 Å². The first kappa shape index (κ1) is 23.8. The van der Waals surface area contributed by atoms with E-state index in [1.165, 1.54) is 0 Å². The first-order valence-electron chi connectivity index (χ1n) is 13.7. The molecule has 0 atom stereocenters. The Hall–Kier alpha value is -6.10. The van der Waals surface area contributed by atoms with Gasteiger partial charge in [0.15, 0.2) is 0 Å². The van der Waals surface area contributed by atoms with Crippen LogP contribution in [0.3, 0.4) is 0 Å². The van der Waals surface area contributed by atoms with Crippen LogP contribution < -0.4 is 0 Å². The fourth-order valence-corrected chi connectivity index (χ4v) is 6.07. The highest BCUT2D eigenvalue weighted by atomic mass is 16.3. The van der Waals surface area contributed by atoms with Crippen LogP contribution in [0, 0.1) is 22.7 Å². The number of benzene rings is 6. The lowest BCUT2D eigenvalue weighted by Crippen LogP contribution is -1.96. The molecule has 0 bridgehead atoms. The maximum atomic E-state index is 9.61.